The average Bonchev–Trinajstić information content (AvgIpc) is 3.17. The van der Waals surface area contributed by atoms with E-state index in [1.807, 2.05) is 42.5 Å². The largest absolute Gasteiger partial charge is 0.360 e. The number of hydrogen-bond donors (Lipinski definition) is 1. The highest BCUT2D eigenvalue weighted by Gasteiger charge is 2.35. The van der Waals surface area contributed by atoms with Crippen LogP contribution in [0.1, 0.15) is 29.9 Å². The first kappa shape index (κ1) is 23.5. The van der Waals surface area contributed by atoms with Crippen LogP contribution >= 0.6 is 11.8 Å². The van der Waals surface area contributed by atoms with Crippen molar-refractivity contribution < 1.29 is 17.7 Å². The van der Waals surface area contributed by atoms with Crippen molar-refractivity contribution in [2.24, 2.45) is 5.92 Å². The fourth-order valence-corrected chi connectivity index (χ4v) is 6.47. The zero-order valence-electron chi connectivity index (χ0n) is 18.5. The lowest BCUT2D eigenvalue weighted by Crippen LogP contribution is -2.41. The number of nitrogens with one attached hydrogen (secondary N) is 1. The van der Waals surface area contributed by atoms with Crippen molar-refractivity contribution in [2.75, 3.05) is 18.4 Å². The molecule has 0 aliphatic carbocycles. The van der Waals surface area contributed by atoms with E-state index >= 15 is 0 Å². The van der Waals surface area contributed by atoms with Gasteiger partial charge in [0.15, 0.2) is 5.76 Å². The standard InChI is InChI=1S/C23H26N4O4S2/c1-16-22(17(2)31-26-16)33(29,30)27-12-9-19(10-13-27)23(28)25-20-7-5-6-18(14-20)15-32-21-8-3-4-11-24-21/h3-8,11,14,19H,9-10,12-13,15H2,1-2H3,(H,25,28). The van der Waals surface area contributed by atoms with Crippen molar-refractivity contribution in [1.29, 1.82) is 0 Å². The Morgan fingerprint density at radius 3 is 2.64 bits per heavy atom. The predicted molar refractivity (Wildman–Crippen MR) is 126 cm³/mol. The molecule has 8 nitrogen and oxygen atoms in total. The van der Waals surface area contributed by atoms with Gasteiger partial charge in [-0.05, 0) is 56.5 Å². The van der Waals surface area contributed by atoms with Crippen molar-refractivity contribution in [1.82, 2.24) is 14.4 Å². The van der Waals surface area contributed by atoms with Crippen LogP contribution in [0, 0.1) is 19.8 Å². The number of anilines is 1. The molecule has 0 radical (unpaired) electrons. The number of hydrogen-bond acceptors (Lipinski definition) is 7. The van der Waals surface area contributed by atoms with Crippen LogP contribution in [0.3, 0.4) is 0 Å². The molecule has 0 bridgehead atoms. The van der Waals surface area contributed by atoms with Crippen molar-refractivity contribution >= 4 is 33.4 Å². The first-order valence-corrected chi connectivity index (χ1v) is 13.1. The highest BCUT2D eigenvalue weighted by atomic mass is 32.2. The van der Waals surface area contributed by atoms with E-state index in [9.17, 15) is 13.2 Å². The average molecular weight is 487 g/mol. The number of carbonyl (C=O) groups excluding carboxylic acids is 1. The van der Waals surface area contributed by atoms with Gasteiger partial charge in [0.1, 0.15) is 10.6 Å². The van der Waals surface area contributed by atoms with Gasteiger partial charge >= 0.3 is 0 Å². The van der Waals surface area contributed by atoms with Gasteiger partial charge in [0.2, 0.25) is 15.9 Å². The van der Waals surface area contributed by atoms with Gasteiger partial charge in [-0.1, -0.05) is 23.4 Å². The predicted octanol–water partition coefficient (Wildman–Crippen LogP) is 4.02. The first-order chi connectivity index (χ1) is 15.8. The fourth-order valence-electron chi connectivity index (χ4n) is 3.90. The summed E-state index contributed by atoms with van der Waals surface area (Å²) >= 11 is 1.64. The van der Waals surface area contributed by atoms with Crippen LogP contribution in [0.4, 0.5) is 5.69 Å². The molecule has 0 unspecified atom stereocenters. The summed E-state index contributed by atoms with van der Waals surface area (Å²) < 4.78 is 32.4. The topological polar surface area (TPSA) is 105 Å². The number of sulfonamides is 1. The number of aryl methyl sites for hydroxylation is 2. The molecule has 3 heterocycles. The molecule has 0 saturated carbocycles. The zero-order chi connectivity index (χ0) is 23.4. The van der Waals surface area contributed by atoms with Crippen molar-refractivity contribution in [3.63, 3.8) is 0 Å². The Balaban J connectivity index is 1.33. The summed E-state index contributed by atoms with van der Waals surface area (Å²) in [6.07, 6.45) is 2.69. The van der Waals surface area contributed by atoms with E-state index in [1.165, 1.54) is 4.31 Å². The molecule has 1 N–H and O–H groups in total. The van der Waals surface area contributed by atoms with E-state index in [0.29, 0.717) is 18.5 Å². The molecule has 0 spiro atoms. The van der Waals surface area contributed by atoms with Crippen molar-refractivity contribution in [2.45, 2.75) is 42.4 Å². The van der Waals surface area contributed by atoms with Gasteiger partial charge in [-0.3, -0.25) is 4.79 Å². The summed E-state index contributed by atoms with van der Waals surface area (Å²) in [5.74, 6) is 0.707. The Morgan fingerprint density at radius 2 is 1.97 bits per heavy atom. The molecule has 4 rings (SSSR count). The molecule has 2 aromatic heterocycles. The Kier molecular flexibility index (Phi) is 7.16. The van der Waals surface area contributed by atoms with Crippen LogP contribution in [0.5, 0.6) is 0 Å². The number of amides is 1. The van der Waals surface area contributed by atoms with Crippen LogP contribution in [0.25, 0.3) is 0 Å². The van der Waals surface area contributed by atoms with E-state index in [2.05, 4.69) is 15.5 Å². The number of carbonyl (C=O) groups is 1. The smallest absolute Gasteiger partial charge is 0.248 e. The number of piperidine rings is 1. The maximum absolute atomic E-state index is 13.0. The molecule has 1 amide bonds. The van der Waals surface area contributed by atoms with E-state index in [0.717, 1.165) is 22.0 Å². The summed E-state index contributed by atoms with van der Waals surface area (Å²) in [5.41, 5.74) is 2.18. The van der Waals surface area contributed by atoms with Crippen LogP contribution < -0.4 is 5.32 Å². The highest BCUT2D eigenvalue weighted by Crippen LogP contribution is 2.28. The van der Waals surface area contributed by atoms with Gasteiger partial charge in [-0.15, -0.1) is 11.8 Å². The van der Waals surface area contributed by atoms with E-state index < -0.39 is 10.0 Å². The van der Waals surface area contributed by atoms with E-state index in [-0.39, 0.29) is 35.6 Å². The number of nitrogens with zero attached hydrogens (tertiary/aromatic N) is 3. The molecule has 1 aliphatic heterocycles. The van der Waals surface area contributed by atoms with E-state index in [4.69, 9.17) is 4.52 Å². The van der Waals surface area contributed by atoms with Gasteiger partial charge < -0.3 is 9.84 Å². The molecule has 0 atom stereocenters. The minimum absolute atomic E-state index is 0.0843. The minimum Gasteiger partial charge on any atom is -0.360 e. The first-order valence-electron chi connectivity index (χ1n) is 10.7. The normalized spacial score (nSPS) is 15.5. The molecule has 1 aromatic carbocycles. The second-order valence-electron chi connectivity index (χ2n) is 7.98. The van der Waals surface area contributed by atoms with Gasteiger partial charge in [0, 0.05) is 36.6 Å². The Labute approximate surface area is 197 Å². The van der Waals surface area contributed by atoms with Gasteiger partial charge in [-0.25, -0.2) is 13.4 Å². The molecule has 33 heavy (non-hydrogen) atoms. The van der Waals surface area contributed by atoms with Crippen LogP contribution in [0.15, 0.2) is 63.1 Å². The molecule has 10 heteroatoms. The lowest BCUT2D eigenvalue weighted by molar-refractivity contribution is -0.120. The molecule has 174 valence electrons. The maximum Gasteiger partial charge on any atom is 0.248 e. The molecule has 3 aromatic rings. The molecule has 1 aliphatic rings. The number of thioether (sulfide) groups is 1. The summed E-state index contributed by atoms with van der Waals surface area (Å²) in [5, 5.41) is 7.70. The second-order valence-corrected chi connectivity index (χ2v) is 10.8. The third kappa shape index (κ3) is 5.45. The number of rotatable bonds is 7. The zero-order valence-corrected chi connectivity index (χ0v) is 20.2. The van der Waals surface area contributed by atoms with Crippen LogP contribution in [-0.2, 0) is 20.6 Å². The maximum atomic E-state index is 13.0. The SMILES string of the molecule is Cc1noc(C)c1S(=O)(=O)N1CCC(C(=O)Nc2cccc(CSc3ccccn3)c2)CC1. The van der Waals surface area contributed by atoms with Crippen molar-refractivity contribution in [3.8, 4) is 0 Å². The second kappa shape index (κ2) is 10.1. The van der Waals surface area contributed by atoms with Gasteiger partial charge in [0.25, 0.3) is 0 Å². The summed E-state index contributed by atoms with van der Waals surface area (Å²) in [4.78, 5) is 17.3. The minimum atomic E-state index is -3.68. The van der Waals surface area contributed by atoms with Gasteiger partial charge in [-0.2, -0.15) is 4.31 Å². The summed E-state index contributed by atoms with van der Waals surface area (Å²) in [6.45, 7) is 3.78. The Bertz CT molecular complexity index is 1200. The summed E-state index contributed by atoms with van der Waals surface area (Å²) in [6, 6.07) is 13.6. The Hall–Kier alpha value is -2.69. The number of aromatic nitrogens is 2. The molecular weight excluding hydrogens is 460 g/mol. The third-order valence-electron chi connectivity index (χ3n) is 5.61. The highest BCUT2D eigenvalue weighted by molar-refractivity contribution is 7.98. The molecular formula is C23H26N4O4S2. The fraction of sp³-hybridized carbons (Fsp3) is 0.348. The lowest BCUT2D eigenvalue weighted by atomic mass is 9.97. The number of benzene rings is 1. The lowest BCUT2D eigenvalue weighted by Gasteiger charge is -2.30. The summed E-state index contributed by atoms with van der Waals surface area (Å²) in [7, 11) is -3.68. The molecule has 1 saturated heterocycles. The third-order valence-corrected chi connectivity index (χ3v) is 8.77. The van der Waals surface area contributed by atoms with E-state index in [1.54, 1.807) is 31.8 Å². The number of pyridine rings is 1. The molecule has 1 fully saturated rings. The quantitative estimate of drug-likeness (QED) is 0.503. The van der Waals surface area contributed by atoms with Crippen LogP contribution in [0.2, 0.25) is 0 Å². The van der Waals surface area contributed by atoms with Crippen LogP contribution in [-0.4, -0.2) is 41.9 Å². The Morgan fingerprint density at radius 1 is 1.18 bits per heavy atom. The van der Waals surface area contributed by atoms with Crippen molar-refractivity contribution in [3.05, 3.63) is 65.7 Å². The van der Waals surface area contributed by atoms with Gasteiger partial charge in [0.05, 0.1) is 5.03 Å². The monoisotopic (exact) mass is 486 g/mol.